The molecule has 0 amide bonds. The van der Waals surface area contributed by atoms with E-state index in [1.807, 2.05) is 0 Å². The summed E-state index contributed by atoms with van der Waals surface area (Å²) in [6, 6.07) is 5.12. The summed E-state index contributed by atoms with van der Waals surface area (Å²) < 4.78 is 1.57. The van der Waals surface area contributed by atoms with E-state index in [0.29, 0.717) is 0 Å². The molecule has 150 valence electrons. The smallest absolute Gasteiger partial charge is 0.334 e. The lowest BCUT2D eigenvalue weighted by molar-refractivity contribution is -0.384. The van der Waals surface area contributed by atoms with Crippen LogP contribution in [0.15, 0.2) is 65.5 Å². The Kier molecular flexibility index (Phi) is 5.41. The van der Waals surface area contributed by atoms with Gasteiger partial charge in [0.15, 0.2) is 0 Å². The molecule has 0 saturated carbocycles. The van der Waals surface area contributed by atoms with Crippen LogP contribution >= 0.6 is 0 Å². The molecular formula is C18H16N4O7. The largest absolute Gasteiger partial charge is 0.478 e. The topological polar surface area (TPSA) is 168 Å². The number of nitro groups is 1. The van der Waals surface area contributed by atoms with Crippen molar-refractivity contribution >= 4 is 17.6 Å². The minimum Gasteiger partial charge on any atom is -0.478 e. The third-order valence-electron chi connectivity index (χ3n) is 4.46. The number of dihydropyridines is 1. The number of benzene rings is 1. The Morgan fingerprint density at radius 3 is 2.45 bits per heavy atom. The molecule has 2 heterocycles. The average Bonchev–Trinajstić information content (AvgIpc) is 3.19. The number of aliphatic carboxylic acids is 2. The zero-order chi connectivity index (χ0) is 21.1. The second-order valence-electron chi connectivity index (χ2n) is 6.20. The van der Waals surface area contributed by atoms with Crippen LogP contribution in [-0.2, 0) is 16.1 Å². The highest BCUT2D eigenvalue weighted by Crippen LogP contribution is 2.39. The standard InChI is InChI=1S/C18H16N4O7/c23-8-13-16(18(26)27)14(10-2-1-3-11(6-10)22(28)29)15(17(24)25)12(20-13)7-21-5-4-19-9-21/h1-6,9,14,20,23H,7-8H2,(H,24,25)(H,26,27). The first kappa shape index (κ1) is 19.8. The van der Waals surface area contributed by atoms with Gasteiger partial charge in [0.2, 0.25) is 0 Å². The van der Waals surface area contributed by atoms with Crippen LogP contribution in [0.3, 0.4) is 0 Å². The molecule has 4 N–H and O–H groups in total. The number of hydrogen-bond acceptors (Lipinski definition) is 7. The van der Waals surface area contributed by atoms with E-state index in [4.69, 9.17) is 0 Å². The number of carbonyl (C=O) groups is 2. The van der Waals surface area contributed by atoms with E-state index in [-0.39, 0.29) is 40.3 Å². The van der Waals surface area contributed by atoms with Crippen LogP contribution < -0.4 is 5.32 Å². The monoisotopic (exact) mass is 400 g/mol. The number of nitrogens with zero attached hydrogens (tertiary/aromatic N) is 3. The fourth-order valence-electron chi connectivity index (χ4n) is 3.28. The number of aromatic nitrogens is 2. The lowest BCUT2D eigenvalue weighted by Gasteiger charge is -2.30. The third kappa shape index (κ3) is 3.84. The quantitative estimate of drug-likeness (QED) is 0.389. The molecule has 29 heavy (non-hydrogen) atoms. The fourth-order valence-corrected chi connectivity index (χ4v) is 3.28. The molecule has 0 spiro atoms. The lowest BCUT2D eigenvalue weighted by atomic mass is 9.80. The first-order valence-corrected chi connectivity index (χ1v) is 8.34. The molecule has 1 atom stereocenters. The van der Waals surface area contributed by atoms with Crippen LogP contribution in [0.2, 0.25) is 0 Å². The van der Waals surface area contributed by atoms with Crippen molar-refractivity contribution in [1.82, 2.24) is 14.9 Å². The molecule has 2 aromatic rings. The lowest BCUT2D eigenvalue weighted by Crippen LogP contribution is -2.35. The van der Waals surface area contributed by atoms with E-state index in [2.05, 4.69) is 10.3 Å². The Bertz CT molecular complexity index is 1040. The number of hydrogen-bond donors (Lipinski definition) is 4. The molecule has 3 rings (SSSR count). The number of aliphatic hydroxyl groups excluding tert-OH is 1. The summed E-state index contributed by atoms with van der Waals surface area (Å²) in [5.41, 5.74) is -0.814. The van der Waals surface area contributed by atoms with Crippen molar-refractivity contribution in [1.29, 1.82) is 0 Å². The predicted octanol–water partition coefficient (Wildman–Crippen LogP) is 0.848. The maximum Gasteiger partial charge on any atom is 0.334 e. The minimum absolute atomic E-state index is 0.0173. The Morgan fingerprint density at radius 1 is 1.21 bits per heavy atom. The number of allylic oxidation sites excluding steroid dienone is 1. The second kappa shape index (κ2) is 7.94. The molecule has 1 aromatic heterocycles. The summed E-state index contributed by atoms with van der Waals surface area (Å²) in [5, 5.41) is 43.2. The van der Waals surface area contributed by atoms with Gasteiger partial charge in [-0.15, -0.1) is 0 Å². The van der Waals surface area contributed by atoms with Crippen molar-refractivity contribution < 1.29 is 29.8 Å². The maximum atomic E-state index is 12.1. The van der Waals surface area contributed by atoms with Crippen LogP contribution in [0.5, 0.6) is 0 Å². The molecule has 0 aliphatic carbocycles. The van der Waals surface area contributed by atoms with Crippen LogP contribution in [-0.4, -0.2) is 48.3 Å². The van der Waals surface area contributed by atoms with Gasteiger partial charge in [-0.3, -0.25) is 10.1 Å². The zero-order valence-electron chi connectivity index (χ0n) is 14.8. The predicted molar refractivity (Wildman–Crippen MR) is 97.6 cm³/mol. The zero-order valence-corrected chi connectivity index (χ0v) is 14.8. The Hall–Kier alpha value is -3.99. The summed E-state index contributed by atoms with van der Waals surface area (Å²) in [4.78, 5) is 38.4. The molecule has 0 saturated heterocycles. The van der Waals surface area contributed by atoms with Crippen molar-refractivity contribution in [3.8, 4) is 0 Å². The highest BCUT2D eigenvalue weighted by Gasteiger charge is 2.39. The van der Waals surface area contributed by atoms with Crippen LogP contribution in [0.25, 0.3) is 0 Å². The van der Waals surface area contributed by atoms with Gasteiger partial charge in [0.1, 0.15) is 0 Å². The van der Waals surface area contributed by atoms with Crippen LogP contribution in [0.1, 0.15) is 11.5 Å². The molecule has 11 heteroatoms. The summed E-state index contributed by atoms with van der Waals surface area (Å²) in [7, 11) is 0. The van der Waals surface area contributed by atoms with Crippen LogP contribution in [0, 0.1) is 10.1 Å². The van der Waals surface area contributed by atoms with E-state index in [1.54, 1.807) is 10.8 Å². The first-order chi connectivity index (χ1) is 13.8. The molecular weight excluding hydrogens is 384 g/mol. The van der Waals surface area contributed by atoms with Gasteiger partial charge >= 0.3 is 11.9 Å². The minimum atomic E-state index is -1.45. The number of carboxylic acids is 2. The number of nitro benzene ring substituents is 1. The van der Waals surface area contributed by atoms with E-state index < -0.39 is 29.4 Å². The van der Waals surface area contributed by atoms with Crippen molar-refractivity contribution in [3.05, 3.63) is 81.2 Å². The third-order valence-corrected chi connectivity index (χ3v) is 4.46. The molecule has 11 nitrogen and oxygen atoms in total. The maximum absolute atomic E-state index is 12.1. The normalized spacial score (nSPS) is 16.5. The fraction of sp³-hybridized carbons (Fsp3) is 0.167. The van der Waals surface area contributed by atoms with Gasteiger partial charge in [-0.2, -0.15) is 0 Å². The van der Waals surface area contributed by atoms with E-state index in [9.17, 15) is 35.0 Å². The summed E-state index contributed by atoms with van der Waals surface area (Å²) >= 11 is 0. The van der Waals surface area contributed by atoms with E-state index in [1.165, 1.54) is 30.7 Å². The number of aliphatic hydroxyl groups is 1. The number of carboxylic acid groups (broad SMARTS) is 2. The SMILES string of the molecule is O=C(O)C1=C(CO)NC(Cn2ccnc2)=C(C(=O)O)C1c1cccc([N+](=O)[O-])c1. The molecule has 1 aromatic carbocycles. The second-order valence-corrected chi connectivity index (χ2v) is 6.20. The summed E-state index contributed by atoms with van der Waals surface area (Å²) in [6.45, 7) is -0.670. The van der Waals surface area contributed by atoms with Gasteiger partial charge < -0.3 is 25.2 Å². The average molecular weight is 400 g/mol. The van der Waals surface area contributed by atoms with Gasteiger partial charge in [0.05, 0.1) is 47.2 Å². The van der Waals surface area contributed by atoms with Gasteiger partial charge in [-0.1, -0.05) is 12.1 Å². The van der Waals surface area contributed by atoms with Gasteiger partial charge in [-0.25, -0.2) is 14.6 Å². The summed E-state index contributed by atoms with van der Waals surface area (Å²) in [5.74, 6) is -4.16. The molecule has 1 aliphatic rings. The van der Waals surface area contributed by atoms with Crippen molar-refractivity contribution in [2.45, 2.75) is 12.5 Å². The number of rotatable bonds is 7. The summed E-state index contributed by atoms with van der Waals surface area (Å²) in [6.07, 6.45) is 4.53. The Morgan fingerprint density at radius 2 is 1.90 bits per heavy atom. The van der Waals surface area contributed by atoms with Gasteiger partial charge in [0.25, 0.3) is 5.69 Å². The van der Waals surface area contributed by atoms with E-state index >= 15 is 0 Å². The number of nitrogens with one attached hydrogen (secondary N) is 1. The van der Waals surface area contributed by atoms with Crippen molar-refractivity contribution in [2.75, 3.05) is 6.61 Å². The van der Waals surface area contributed by atoms with Gasteiger partial charge in [-0.05, 0) is 5.56 Å². The first-order valence-electron chi connectivity index (χ1n) is 8.34. The van der Waals surface area contributed by atoms with E-state index in [0.717, 1.165) is 6.07 Å². The van der Waals surface area contributed by atoms with Crippen molar-refractivity contribution in [3.63, 3.8) is 0 Å². The highest BCUT2D eigenvalue weighted by atomic mass is 16.6. The van der Waals surface area contributed by atoms with Crippen LogP contribution in [0.4, 0.5) is 5.69 Å². The molecule has 0 bridgehead atoms. The molecule has 1 unspecified atom stereocenters. The molecule has 1 aliphatic heterocycles. The number of imidazole rings is 1. The highest BCUT2D eigenvalue weighted by molar-refractivity contribution is 5.98. The Balaban J connectivity index is 2.24. The Labute approximate surface area is 163 Å². The van der Waals surface area contributed by atoms with Crippen molar-refractivity contribution in [2.24, 2.45) is 0 Å². The van der Waals surface area contributed by atoms with Gasteiger partial charge in [0, 0.05) is 30.2 Å². The number of non-ortho nitro benzene ring substituents is 1. The molecule has 0 radical (unpaired) electrons. The molecule has 0 fully saturated rings.